The zero-order valence-electron chi connectivity index (χ0n) is 10.9. The first kappa shape index (κ1) is 15.3. The van der Waals surface area contributed by atoms with Gasteiger partial charge in [-0.25, -0.2) is 0 Å². The van der Waals surface area contributed by atoms with Gasteiger partial charge in [0.05, 0.1) is 0 Å². The molecule has 0 N–H and O–H groups in total. The number of hydrogen-bond donors (Lipinski definition) is 0. The molecule has 0 heterocycles. The minimum absolute atomic E-state index is 0.808. The van der Waals surface area contributed by atoms with E-state index in [1.54, 1.807) is 5.57 Å². The molecule has 0 spiro atoms. The molecule has 0 aliphatic heterocycles. The summed E-state index contributed by atoms with van der Waals surface area (Å²) in [6.45, 7) is 0. The second kappa shape index (κ2) is 8.28. The molecule has 0 bridgehead atoms. The van der Waals surface area contributed by atoms with Crippen LogP contribution in [0.1, 0.15) is 51.4 Å². The summed E-state index contributed by atoms with van der Waals surface area (Å²) in [7, 11) is 9.87. The molecule has 0 saturated heterocycles. The van der Waals surface area contributed by atoms with Gasteiger partial charge in [-0.15, -0.1) is 0 Å². The number of hydrogen-bond acceptors (Lipinski definition) is 0. The van der Waals surface area contributed by atoms with Crippen molar-refractivity contribution >= 4 is 17.0 Å². The van der Waals surface area contributed by atoms with E-state index in [2.05, 4.69) is 18.2 Å². The summed E-state index contributed by atoms with van der Waals surface area (Å²) >= 11 is -0.826. The SMILES string of the molecule is C1=CC(C2CCCC2)C=C1C1CCCC1.[Cl][Zr][Cl]. The molecule has 0 radical (unpaired) electrons. The Kier molecular flexibility index (Phi) is 7.05. The predicted molar refractivity (Wildman–Crippen MR) is 76.3 cm³/mol. The molecule has 0 nitrogen and oxygen atoms in total. The summed E-state index contributed by atoms with van der Waals surface area (Å²) in [4.78, 5) is 0. The second-order valence-electron chi connectivity index (χ2n) is 5.70. The maximum absolute atomic E-state index is 4.93. The van der Waals surface area contributed by atoms with Gasteiger partial charge in [0.2, 0.25) is 0 Å². The molecule has 0 aromatic rings. The fourth-order valence-corrected chi connectivity index (χ4v) is 3.72. The molecule has 2 saturated carbocycles. The molecule has 3 rings (SSSR count). The van der Waals surface area contributed by atoms with Gasteiger partial charge in [0.1, 0.15) is 0 Å². The van der Waals surface area contributed by atoms with Crippen LogP contribution in [0.25, 0.3) is 0 Å². The number of halogens is 2. The van der Waals surface area contributed by atoms with Crippen molar-refractivity contribution in [3.05, 3.63) is 23.8 Å². The van der Waals surface area contributed by atoms with Gasteiger partial charge in [-0.2, -0.15) is 0 Å². The zero-order chi connectivity index (χ0) is 12.8. The van der Waals surface area contributed by atoms with E-state index in [9.17, 15) is 0 Å². The third kappa shape index (κ3) is 4.22. The van der Waals surface area contributed by atoms with Crippen molar-refractivity contribution in [3.8, 4) is 0 Å². The molecule has 100 valence electrons. The number of rotatable bonds is 2. The first-order valence-electron chi connectivity index (χ1n) is 7.21. The van der Waals surface area contributed by atoms with Crippen molar-refractivity contribution in [2.75, 3.05) is 0 Å². The van der Waals surface area contributed by atoms with E-state index in [0.29, 0.717) is 0 Å². The van der Waals surface area contributed by atoms with Crippen LogP contribution in [-0.2, 0) is 20.8 Å². The Morgan fingerprint density at radius 3 is 2.11 bits per heavy atom. The Balaban J connectivity index is 0.000000367. The van der Waals surface area contributed by atoms with Gasteiger partial charge in [0, 0.05) is 0 Å². The molecule has 0 amide bonds. The van der Waals surface area contributed by atoms with E-state index >= 15 is 0 Å². The van der Waals surface area contributed by atoms with E-state index in [4.69, 9.17) is 17.0 Å². The quantitative estimate of drug-likeness (QED) is 0.576. The summed E-state index contributed by atoms with van der Waals surface area (Å²) in [6.07, 6.45) is 19.3. The van der Waals surface area contributed by atoms with Crippen LogP contribution in [0, 0.1) is 17.8 Å². The van der Waals surface area contributed by atoms with Crippen LogP contribution in [0.3, 0.4) is 0 Å². The van der Waals surface area contributed by atoms with Crippen molar-refractivity contribution in [1.29, 1.82) is 0 Å². The van der Waals surface area contributed by atoms with Crippen molar-refractivity contribution in [2.45, 2.75) is 51.4 Å². The Bertz CT molecular complexity index is 300. The second-order valence-corrected chi connectivity index (χ2v) is 9.43. The van der Waals surface area contributed by atoms with Gasteiger partial charge in [-0.1, -0.05) is 43.9 Å². The van der Waals surface area contributed by atoms with Gasteiger partial charge >= 0.3 is 37.9 Å². The fraction of sp³-hybridized carbons (Fsp3) is 0.733. The van der Waals surface area contributed by atoms with Crippen LogP contribution < -0.4 is 0 Å². The predicted octanol–water partition coefficient (Wildman–Crippen LogP) is 5.86. The summed E-state index contributed by atoms with van der Waals surface area (Å²) in [6, 6.07) is 0. The first-order chi connectivity index (χ1) is 8.85. The zero-order valence-corrected chi connectivity index (χ0v) is 14.8. The summed E-state index contributed by atoms with van der Waals surface area (Å²) in [5, 5.41) is 0. The molecule has 0 aromatic heterocycles. The molecule has 3 heteroatoms. The van der Waals surface area contributed by atoms with Crippen molar-refractivity contribution in [3.63, 3.8) is 0 Å². The molecule has 3 aliphatic rings. The molecule has 18 heavy (non-hydrogen) atoms. The standard InChI is InChI=1S/C15H22.2ClH.Zr/c1-2-6-12(5-1)14-9-10-15(11-14)13-7-3-4-8-13;;;/h9-14H,1-8H2;2*1H;/q;;;+2/p-2. The van der Waals surface area contributed by atoms with E-state index in [-0.39, 0.29) is 0 Å². The normalized spacial score (nSPS) is 28.1. The van der Waals surface area contributed by atoms with Gasteiger partial charge in [-0.05, 0) is 49.0 Å². The molecule has 0 aromatic carbocycles. The van der Waals surface area contributed by atoms with Gasteiger partial charge in [-0.3, -0.25) is 0 Å². The van der Waals surface area contributed by atoms with Crippen LogP contribution in [0.5, 0.6) is 0 Å². The Hall–Kier alpha value is 0.943. The third-order valence-corrected chi connectivity index (χ3v) is 4.67. The Labute approximate surface area is 130 Å². The average molecular weight is 364 g/mol. The van der Waals surface area contributed by atoms with Gasteiger partial charge in [0.25, 0.3) is 0 Å². The van der Waals surface area contributed by atoms with E-state index in [1.165, 1.54) is 51.4 Å². The first-order valence-corrected chi connectivity index (χ1v) is 13.5. The van der Waals surface area contributed by atoms with Crippen molar-refractivity contribution < 1.29 is 20.8 Å². The van der Waals surface area contributed by atoms with E-state index < -0.39 is 20.8 Å². The van der Waals surface area contributed by atoms with Crippen LogP contribution in [0.4, 0.5) is 0 Å². The molecular formula is C15H22Cl2Zr. The number of allylic oxidation sites excluding steroid dienone is 4. The topological polar surface area (TPSA) is 0 Å². The summed E-state index contributed by atoms with van der Waals surface area (Å²) < 4.78 is 0. The third-order valence-electron chi connectivity index (χ3n) is 4.67. The van der Waals surface area contributed by atoms with Crippen molar-refractivity contribution in [2.24, 2.45) is 17.8 Å². The van der Waals surface area contributed by atoms with E-state index in [0.717, 1.165) is 17.8 Å². The van der Waals surface area contributed by atoms with Crippen LogP contribution >= 0.6 is 17.0 Å². The summed E-state index contributed by atoms with van der Waals surface area (Å²) in [5.41, 5.74) is 1.68. The van der Waals surface area contributed by atoms with Crippen LogP contribution in [-0.4, -0.2) is 0 Å². The molecular weight excluding hydrogens is 342 g/mol. The molecule has 1 atom stereocenters. The minimum atomic E-state index is -0.826. The van der Waals surface area contributed by atoms with Crippen LogP contribution in [0.2, 0.25) is 0 Å². The van der Waals surface area contributed by atoms with Gasteiger partial charge < -0.3 is 0 Å². The molecule has 2 fully saturated rings. The fourth-order valence-electron chi connectivity index (χ4n) is 3.72. The van der Waals surface area contributed by atoms with Crippen molar-refractivity contribution in [1.82, 2.24) is 0 Å². The average Bonchev–Trinajstić information content (AvgIpc) is 3.13. The van der Waals surface area contributed by atoms with Gasteiger partial charge in [0.15, 0.2) is 0 Å². The monoisotopic (exact) mass is 362 g/mol. The molecule has 1 unspecified atom stereocenters. The Morgan fingerprint density at radius 2 is 1.50 bits per heavy atom. The van der Waals surface area contributed by atoms with E-state index in [1.807, 2.05) is 0 Å². The molecule has 3 aliphatic carbocycles. The summed E-state index contributed by atoms with van der Waals surface area (Å²) in [5.74, 6) is 2.72. The van der Waals surface area contributed by atoms with Crippen LogP contribution in [0.15, 0.2) is 23.8 Å². The maximum atomic E-state index is 4.93. The Morgan fingerprint density at radius 1 is 0.944 bits per heavy atom.